The van der Waals surface area contributed by atoms with E-state index in [0.29, 0.717) is 0 Å². The third kappa shape index (κ3) is 1.30. The van der Waals surface area contributed by atoms with Gasteiger partial charge in [-0.3, -0.25) is 0 Å². The van der Waals surface area contributed by atoms with Crippen molar-refractivity contribution in [2.24, 2.45) is 0 Å². The fourth-order valence-corrected chi connectivity index (χ4v) is 1.03. The highest BCUT2D eigenvalue weighted by atomic mass is 32.2. The molecule has 0 radical (unpaired) electrons. The zero-order valence-corrected chi connectivity index (χ0v) is 5.66. The first kappa shape index (κ1) is 5.76. The molecule has 0 saturated carbocycles. The molecule has 2 heteroatoms. The Hall–Kier alpha value is -0.370. The van der Waals surface area contributed by atoms with Gasteiger partial charge in [0.15, 0.2) is 0 Å². The van der Waals surface area contributed by atoms with Gasteiger partial charge in [0.1, 0.15) is 0 Å². The van der Waals surface area contributed by atoms with Crippen LogP contribution in [0.2, 0.25) is 0 Å². The summed E-state index contributed by atoms with van der Waals surface area (Å²) < 4.78 is 0. The number of dihydropyridines is 1. The van der Waals surface area contributed by atoms with Gasteiger partial charge in [-0.2, -0.15) is 0 Å². The maximum absolute atomic E-state index is 3.11. The van der Waals surface area contributed by atoms with Gasteiger partial charge in [0.05, 0.1) is 5.03 Å². The van der Waals surface area contributed by atoms with Crippen LogP contribution in [0.3, 0.4) is 0 Å². The van der Waals surface area contributed by atoms with Crippen LogP contribution in [0, 0.1) is 0 Å². The van der Waals surface area contributed by atoms with E-state index in [0.717, 1.165) is 6.42 Å². The van der Waals surface area contributed by atoms with Gasteiger partial charge in [0, 0.05) is 0 Å². The highest BCUT2D eigenvalue weighted by Gasteiger charge is 1.91. The van der Waals surface area contributed by atoms with Crippen LogP contribution < -0.4 is 5.32 Å². The molecule has 1 nitrogen and oxygen atoms in total. The summed E-state index contributed by atoms with van der Waals surface area (Å²) >= 11 is 1.74. The maximum atomic E-state index is 3.11. The summed E-state index contributed by atoms with van der Waals surface area (Å²) in [5.41, 5.74) is 0. The first-order valence-electron chi connectivity index (χ1n) is 2.59. The van der Waals surface area contributed by atoms with E-state index in [1.54, 1.807) is 11.8 Å². The number of thioether (sulfide) groups is 1. The average Bonchev–Trinajstić information content (AvgIpc) is 1.90. The van der Waals surface area contributed by atoms with E-state index in [4.69, 9.17) is 0 Å². The summed E-state index contributed by atoms with van der Waals surface area (Å²) in [5, 5.41) is 4.37. The van der Waals surface area contributed by atoms with Gasteiger partial charge in [-0.25, -0.2) is 0 Å². The van der Waals surface area contributed by atoms with E-state index in [-0.39, 0.29) is 0 Å². The van der Waals surface area contributed by atoms with E-state index in [1.807, 2.05) is 6.20 Å². The van der Waals surface area contributed by atoms with Crippen LogP contribution in [0.1, 0.15) is 6.42 Å². The normalized spacial score (nSPS) is 17.4. The van der Waals surface area contributed by atoms with Crippen LogP contribution in [0.25, 0.3) is 0 Å². The van der Waals surface area contributed by atoms with Crippen molar-refractivity contribution in [1.29, 1.82) is 0 Å². The van der Waals surface area contributed by atoms with E-state index in [2.05, 4.69) is 23.7 Å². The topological polar surface area (TPSA) is 12.0 Å². The summed E-state index contributed by atoms with van der Waals surface area (Å²) in [4.78, 5) is 0. The molecule has 8 heavy (non-hydrogen) atoms. The highest BCUT2D eigenvalue weighted by molar-refractivity contribution is 8.02. The van der Waals surface area contributed by atoms with Crippen molar-refractivity contribution in [2.75, 3.05) is 6.26 Å². The molecule has 1 aliphatic rings. The van der Waals surface area contributed by atoms with Crippen molar-refractivity contribution >= 4 is 11.8 Å². The van der Waals surface area contributed by atoms with Crippen LogP contribution in [-0.4, -0.2) is 6.26 Å². The third-order valence-electron chi connectivity index (χ3n) is 1.00. The van der Waals surface area contributed by atoms with Crippen molar-refractivity contribution in [3.05, 3.63) is 23.4 Å². The van der Waals surface area contributed by atoms with Gasteiger partial charge >= 0.3 is 0 Å². The summed E-state index contributed by atoms with van der Waals surface area (Å²) in [6, 6.07) is 0. The number of hydrogen-bond acceptors (Lipinski definition) is 2. The summed E-state index contributed by atoms with van der Waals surface area (Å²) in [6.45, 7) is 0. The van der Waals surface area contributed by atoms with Crippen molar-refractivity contribution in [3.63, 3.8) is 0 Å². The van der Waals surface area contributed by atoms with Crippen LogP contribution >= 0.6 is 11.8 Å². The predicted octanol–water partition coefficient (Wildman–Crippen LogP) is 1.70. The second kappa shape index (κ2) is 2.82. The fraction of sp³-hybridized carbons (Fsp3) is 0.333. The van der Waals surface area contributed by atoms with Crippen LogP contribution in [0.5, 0.6) is 0 Å². The van der Waals surface area contributed by atoms with Gasteiger partial charge < -0.3 is 5.32 Å². The van der Waals surface area contributed by atoms with Crippen LogP contribution in [-0.2, 0) is 0 Å². The Morgan fingerprint density at radius 2 is 2.62 bits per heavy atom. The van der Waals surface area contributed by atoms with E-state index < -0.39 is 0 Å². The zero-order chi connectivity index (χ0) is 5.82. The highest BCUT2D eigenvalue weighted by Crippen LogP contribution is 2.10. The lowest BCUT2D eigenvalue weighted by Crippen LogP contribution is -2.03. The maximum Gasteiger partial charge on any atom is 0.0680 e. The number of allylic oxidation sites excluding steroid dienone is 2. The minimum atomic E-state index is 1.07. The van der Waals surface area contributed by atoms with Gasteiger partial charge in [0.2, 0.25) is 0 Å². The molecule has 0 aromatic heterocycles. The number of nitrogens with one attached hydrogen (secondary N) is 1. The molecule has 1 aliphatic heterocycles. The summed E-state index contributed by atoms with van der Waals surface area (Å²) in [7, 11) is 0. The standard InChI is InChI=1S/C6H9NS/c1-8-6-4-2-3-5-7-6/h3-5,7H,2H2,1H3. The Bertz CT molecular complexity index is 126. The summed E-state index contributed by atoms with van der Waals surface area (Å²) in [5.74, 6) is 0. The van der Waals surface area contributed by atoms with E-state index in [1.165, 1.54) is 5.03 Å². The predicted molar refractivity (Wildman–Crippen MR) is 38.5 cm³/mol. The SMILES string of the molecule is CSC1=CCC=CN1. The first-order chi connectivity index (χ1) is 3.93. The molecule has 1 heterocycles. The first-order valence-corrected chi connectivity index (χ1v) is 3.81. The average molecular weight is 127 g/mol. The Morgan fingerprint density at radius 3 is 3.00 bits per heavy atom. The molecule has 0 aliphatic carbocycles. The van der Waals surface area contributed by atoms with Crippen molar-refractivity contribution < 1.29 is 0 Å². The van der Waals surface area contributed by atoms with Crippen molar-refractivity contribution in [1.82, 2.24) is 5.32 Å². The quantitative estimate of drug-likeness (QED) is 0.575. The number of hydrogen-bond donors (Lipinski definition) is 1. The Balaban J connectivity index is 2.43. The molecule has 1 rings (SSSR count). The minimum absolute atomic E-state index is 1.07. The largest absolute Gasteiger partial charge is 0.357 e. The molecule has 0 bridgehead atoms. The van der Waals surface area contributed by atoms with E-state index in [9.17, 15) is 0 Å². The molecule has 0 amide bonds. The van der Waals surface area contributed by atoms with Crippen molar-refractivity contribution in [3.8, 4) is 0 Å². The van der Waals surface area contributed by atoms with Gasteiger partial charge in [-0.05, 0) is 18.9 Å². The Kier molecular flexibility index (Phi) is 2.03. The second-order valence-electron chi connectivity index (χ2n) is 1.55. The monoisotopic (exact) mass is 127 g/mol. The van der Waals surface area contributed by atoms with Gasteiger partial charge in [-0.15, -0.1) is 11.8 Å². The van der Waals surface area contributed by atoms with Gasteiger partial charge in [0.25, 0.3) is 0 Å². The molecule has 0 spiro atoms. The second-order valence-corrected chi connectivity index (χ2v) is 2.40. The lowest BCUT2D eigenvalue weighted by atomic mass is 10.4. The third-order valence-corrected chi connectivity index (χ3v) is 1.73. The molecular weight excluding hydrogens is 118 g/mol. The molecule has 0 unspecified atom stereocenters. The van der Waals surface area contributed by atoms with Crippen LogP contribution in [0.15, 0.2) is 23.4 Å². The zero-order valence-electron chi connectivity index (χ0n) is 4.85. The lowest BCUT2D eigenvalue weighted by Gasteiger charge is -2.05. The van der Waals surface area contributed by atoms with E-state index >= 15 is 0 Å². The molecule has 0 atom stereocenters. The summed E-state index contributed by atoms with van der Waals surface area (Å²) in [6.07, 6.45) is 9.39. The van der Waals surface area contributed by atoms with Gasteiger partial charge in [-0.1, -0.05) is 12.2 Å². The Morgan fingerprint density at radius 1 is 1.75 bits per heavy atom. The van der Waals surface area contributed by atoms with Crippen LogP contribution in [0.4, 0.5) is 0 Å². The lowest BCUT2D eigenvalue weighted by molar-refractivity contribution is 1.09. The minimum Gasteiger partial charge on any atom is -0.357 e. The molecule has 0 saturated heterocycles. The molecule has 0 aromatic carbocycles. The molecule has 0 aromatic rings. The molecule has 0 fully saturated rings. The molecular formula is C6H9NS. The van der Waals surface area contributed by atoms with Crippen molar-refractivity contribution in [2.45, 2.75) is 6.42 Å². The number of rotatable bonds is 1. The molecule has 1 N–H and O–H groups in total. The smallest absolute Gasteiger partial charge is 0.0680 e. The fourth-order valence-electron chi connectivity index (χ4n) is 0.585. The molecule has 44 valence electrons. The Labute approximate surface area is 53.9 Å².